The molecule has 0 aromatic carbocycles. The Morgan fingerprint density at radius 3 is 2.67 bits per heavy atom. The molecule has 0 fully saturated rings. The fourth-order valence-electron chi connectivity index (χ4n) is 0.377. The van der Waals surface area contributed by atoms with Crippen molar-refractivity contribution in [2.45, 2.75) is 12.8 Å². The lowest BCUT2D eigenvalue weighted by Crippen LogP contribution is -2.02. The third-order valence-electron chi connectivity index (χ3n) is 0.783. The Kier molecular flexibility index (Phi) is 6.18. The molecule has 3 N–H and O–H groups in total. The highest BCUT2D eigenvalue weighted by atomic mass is 32.2. The zero-order valence-corrected chi connectivity index (χ0v) is 5.89. The molecule has 56 valence electrons. The predicted octanol–water partition coefficient (Wildman–Crippen LogP) is -0.121. The molecular formula is C4H11NO3S. The van der Waals surface area contributed by atoms with Crippen LogP contribution in [-0.4, -0.2) is 21.9 Å². The van der Waals surface area contributed by atoms with Gasteiger partial charge in [-0.25, -0.2) is 0 Å². The van der Waals surface area contributed by atoms with Gasteiger partial charge < -0.3 is 5.73 Å². The van der Waals surface area contributed by atoms with Crippen LogP contribution in [0.2, 0.25) is 0 Å². The topological polar surface area (TPSA) is 72.5 Å². The Bertz CT molecular complexity index is 87.9. The summed E-state index contributed by atoms with van der Waals surface area (Å²) in [5, 5.41) is 0. The van der Waals surface area contributed by atoms with Gasteiger partial charge in [-0.1, -0.05) is 0 Å². The smallest absolute Gasteiger partial charge is 0.301 e. The average molecular weight is 153 g/mol. The van der Waals surface area contributed by atoms with Crippen LogP contribution in [0.4, 0.5) is 0 Å². The molecule has 0 aliphatic carbocycles. The second-order valence-electron chi connectivity index (χ2n) is 1.53. The number of hydrogen-bond donors (Lipinski definition) is 2. The highest BCUT2D eigenvalue weighted by molar-refractivity contribution is 7.74. The van der Waals surface area contributed by atoms with Crippen LogP contribution < -0.4 is 5.73 Å². The van der Waals surface area contributed by atoms with Crippen molar-refractivity contribution >= 4 is 11.4 Å². The van der Waals surface area contributed by atoms with Gasteiger partial charge in [0.1, 0.15) is 0 Å². The second kappa shape index (κ2) is 6.15. The fraction of sp³-hybridized carbons (Fsp3) is 1.00. The van der Waals surface area contributed by atoms with Crippen molar-refractivity contribution in [1.82, 2.24) is 0 Å². The molecule has 0 saturated heterocycles. The van der Waals surface area contributed by atoms with Gasteiger partial charge in [0.15, 0.2) is 0 Å². The Labute approximate surface area is 56.9 Å². The summed E-state index contributed by atoms with van der Waals surface area (Å²) >= 11 is -2.11. The van der Waals surface area contributed by atoms with E-state index in [1.165, 1.54) is 0 Å². The van der Waals surface area contributed by atoms with Crippen molar-refractivity contribution in [3.8, 4) is 0 Å². The number of hydrogen-bond acceptors (Lipinski definition) is 3. The minimum atomic E-state index is -2.11. The molecular weight excluding hydrogens is 142 g/mol. The minimum Gasteiger partial charge on any atom is -0.330 e. The van der Waals surface area contributed by atoms with Gasteiger partial charge in [-0.05, 0) is 19.4 Å². The maximum atomic E-state index is 9.82. The Morgan fingerprint density at radius 2 is 2.22 bits per heavy atom. The average Bonchev–Trinajstić information content (AvgIpc) is 1.80. The Balaban J connectivity index is 2.83. The first-order valence-electron chi connectivity index (χ1n) is 2.71. The van der Waals surface area contributed by atoms with Crippen LogP contribution in [0.15, 0.2) is 0 Å². The number of rotatable bonds is 5. The van der Waals surface area contributed by atoms with Crippen molar-refractivity contribution in [2.24, 2.45) is 5.73 Å². The van der Waals surface area contributed by atoms with Gasteiger partial charge in [-0.15, -0.1) is 0 Å². The third-order valence-corrected chi connectivity index (χ3v) is 1.15. The molecule has 0 spiro atoms. The van der Waals surface area contributed by atoms with E-state index in [1.807, 2.05) is 0 Å². The van der Waals surface area contributed by atoms with Gasteiger partial charge in [-0.2, -0.15) is 4.21 Å². The first-order valence-corrected chi connectivity index (χ1v) is 3.74. The van der Waals surface area contributed by atoms with E-state index in [9.17, 15) is 4.21 Å². The monoisotopic (exact) mass is 153 g/mol. The lowest BCUT2D eigenvalue weighted by molar-refractivity contribution is 0.299. The van der Waals surface area contributed by atoms with Crippen molar-refractivity contribution in [3.63, 3.8) is 0 Å². The van der Waals surface area contributed by atoms with Crippen LogP contribution in [0.3, 0.4) is 0 Å². The summed E-state index contributed by atoms with van der Waals surface area (Å²) in [4.78, 5) is 0. The minimum absolute atomic E-state index is 0.306. The molecule has 0 radical (unpaired) electrons. The van der Waals surface area contributed by atoms with E-state index in [-0.39, 0.29) is 0 Å². The first kappa shape index (κ1) is 9.03. The van der Waals surface area contributed by atoms with Crippen LogP contribution in [-0.2, 0) is 15.5 Å². The van der Waals surface area contributed by atoms with Gasteiger partial charge in [0.05, 0.1) is 6.61 Å². The summed E-state index contributed by atoms with van der Waals surface area (Å²) in [6.45, 7) is 0.904. The lowest BCUT2D eigenvalue weighted by atomic mass is 10.3. The maximum Gasteiger partial charge on any atom is 0.301 e. The van der Waals surface area contributed by atoms with Crippen LogP contribution >= 0.6 is 0 Å². The standard InChI is InChI=1S/C4H11NO3S/c5-3-1-2-4-8-9(6)7/h1-5H2,(H,6,7). The SMILES string of the molecule is NCCCCOS(=O)O. The molecule has 0 aromatic heterocycles. The molecule has 0 aromatic rings. The summed E-state index contributed by atoms with van der Waals surface area (Å²) in [5.41, 5.74) is 5.15. The van der Waals surface area contributed by atoms with E-state index < -0.39 is 11.4 Å². The number of nitrogens with two attached hydrogens (primary N) is 1. The largest absolute Gasteiger partial charge is 0.330 e. The molecule has 1 unspecified atom stereocenters. The molecule has 0 rings (SSSR count). The van der Waals surface area contributed by atoms with E-state index in [2.05, 4.69) is 4.18 Å². The molecule has 0 bridgehead atoms. The van der Waals surface area contributed by atoms with E-state index in [1.54, 1.807) is 0 Å². The van der Waals surface area contributed by atoms with Crippen LogP contribution in [0.1, 0.15) is 12.8 Å². The van der Waals surface area contributed by atoms with Gasteiger partial charge in [0.25, 0.3) is 0 Å². The van der Waals surface area contributed by atoms with E-state index >= 15 is 0 Å². The van der Waals surface area contributed by atoms with E-state index in [0.29, 0.717) is 13.2 Å². The van der Waals surface area contributed by atoms with Crippen molar-refractivity contribution in [3.05, 3.63) is 0 Å². The van der Waals surface area contributed by atoms with Crippen molar-refractivity contribution in [2.75, 3.05) is 13.2 Å². The molecule has 4 nitrogen and oxygen atoms in total. The summed E-state index contributed by atoms with van der Waals surface area (Å²) in [5.74, 6) is 0. The van der Waals surface area contributed by atoms with Gasteiger partial charge in [0.2, 0.25) is 0 Å². The van der Waals surface area contributed by atoms with Crippen LogP contribution in [0, 0.1) is 0 Å². The zero-order chi connectivity index (χ0) is 7.11. The molecule has 0 heterocycles. The van der Waals surface area contributed by atoms with Crippen molar-refractivity contribution in [1.29, 1.82) is 0 Å². The molecule has 9 heavy (non-hydrogen) atoms. The van der Waals surface area contributed by atoms with Gasteiger partial charge in [0, 0.05) is 0 Å². The van der Waals surface area contributed by atoms with Crippen molar-refractivity contribution < 1.29 is 12.9 Å². The van der Waals surface area contributed by atoms with E-state index in [4.69, 9.17) is 10.3 Å². The molecule has 0 amide bonds. The van der Waals surface area contributed by atoms with Crippen LogP contribution in [0.25, 0.3) is 0 Å². The van der Waals surface area contributed by atoms with Crippen LogP contribution in [0.5, 0.6) is 0 Å². The normalized spacial score (nSPS) is 13.6. The molecule has 0 aliphatic rings. The molecule has 1 atom stereocenters. The van der Waals surface area contributed by atoms with Gasteiger partial charge >= 0.3 is 11.4 Å². The quantitative estimate of drug-likeness (QED) is 0.426. The maximum absolute atomic E-state index is 9.82. The first-order chi connectivity index (χ1) is 4.27. The Hall–Kier alpha value is 0.0300. The highest BCUT2D eigenvalue weighted by Crippen LogP contribution is 1.88. The molecule has 0 saturated carbocycles. The number of unbranched alkanes of at least 4 members (excludes halogenated alkanes) is 1. The van der Waals surface area contributed by atoms with E-state index in [0.717, 1.165) is 12.8 Å². The predicted molar refractivity (Wildman–Crippen MR) is 35.0 cm³/mol. The third kappa shape index (κ3) is 8.03. The highest BCUT2D eigenvalue weighted by Gasteiger charge is 1.90. The summed E-state index contributed by atoms with van der Waals surface area (Å²) in [6.07, 6.45) is 1.57. The summed E-state index contributed by atoms with van der Waals surface area (Å²) < 4.78 is 22.2. The lowest BCUT2D eigenvalue weighted by Gasteiger charge is -1.95. The fourth-order valence-corrected chi connectivity index (χ4v) is 0.637. The summed E-state index contributed by atoms with van der Waals surface area (Å²) in [7, 11) is 0. The Morgan fingerprint density at radius 1 is 1.56 bits per heavy atom. The summed E-state index contributed by atoms with van der Waals surface area (Å²) in [6, 6.07) is 0. The van der Waals surface area contributed by atoms with Gasteiger partial charge in [-0.3, -0.25) is 8.74 Å². The molecule has 5 heteroatoms. The second-order valence-corrected chi connectivity index (χ2v) is 2.20. The zero-order valence-electron chi connectivity index (χ0n) is 5.08. The molecule has 0 aliphatic heterocycles.